The maximum absolute atomic E-state index is 12.7. The van der Waals surface area contributed by atoms with Gasteiger partial charge in [0.05, 0.1) is 0 Å². The van der Waals surface area contributed by atoms with Gasteiger partial charge in [-0.3, -0.25) is 4.79 Å². The first kappa shape index (κ1) is 15.2. The first-order chi connectivity index (χ1) is 11.7. The van der Waals surface area contributed by atoms with Crippen LogP contribution in [0.4, 0.5) is 0 Å². The number of amides is 1. The van der Waals surface area contributed by atoms with E-state index in [9.17, 15) is 4.79 Å². The van der Waals surface area contributed by atoms with E-state index in [1.165, 1.54) is 25.9 Å². The molecule has 0 aromatic heterocycles. The van der Waals surface area contributed by atoms with Gasteiger partial charge in [-0.2, -0.15) is 0 Å². The van der Waals surface area contributed by atoms with Crippen LogP contribution in [0.3, 0.4) is 0 Å². The standard InChI is InChI=1S/C21H22N2O/c1-2-16-4-3-5-17-6-7-18(13-20(16)17)21(24)22-19-12-15-8-10-23(14-19)11-9-15/h1,3-7,13,15,19H,8-12,14H2,(H,22,24). The van der Waals surface area contributed by atoms with Crippen LogP contribution in [0.5, 0.6) is 0 Å². The normalized spacial score (nSPS) is 25.9. The molecule has 5 rings (SSSR count). The number of benzene rings is 2. The van der Waals surface area contributed by atoms with Gasteiger partial charge in [0.25, 0.3) is 5.91 Å². The Bertz CT molecular complexity index is 798. The number of fused-ring (bicyclic) bond motifs is 5. The van der Waals surface area contributed by atoms with Crippen molar-refractivity contribution >= 4 is 16.7 Å². The highest BCUT2D eigenvalue weighted by molar-refractivity contribution is 6.00. The second kappa shape index (κ2) is 6.30. The van der Waals surface area contributed by atoms with Crippen molar-refractivity contribution in [3.05, 3.63) is 47.5 Å². The summed E-state index contributed by atoms with van der Waals surface area (Å²) in [5, 5.41) is 5.29. The highest BCUT2D eigenvalue weighted by Crippen LogP contribution is 2.27. The summed E-state index contributed by atoms with van der Waals surface area (Å²) >= 11 is 0. The Morgan fingerprint density at radius 1 is 1.21 bits per heavy atom. The number of carbonyl (C=O) groups is 1. The van der Waals surface area contributed by atoms with Crippen LogP contribution < -0.4 is 5.32 Å². The number of nitrogens with zero attached hydrogens (tertiary/aromatic N) is 1. The van der Waals surface area contributed by atoms with Gasteiger partial charge in [0.2, 0.25) is 0 Å². The van der Waals surface area contributed by atoms with Crippen molar-refractivity contribution in [2.24, 2.45) is 5.92 Å². The number of rotatable bonds is 2. The van der Waals surface area contributed by atoms with Crippen molar-refractivity contribution in [1.82, 2.24) is 10.2 Å². The van der Waals surface area contributed by atoms with E-state index in [-0.39, 0.29) is 11.9 Å². The highest BCUT2D eigenvalue weighted by Gasteiger charge is 2.29. The summed E-state index contributed by atoms with van der Waals surface area (Å²) < 4.78 is 0. The minimum atomic E-state index is 0.0104. The summed E-state index contributed by atoms with van der Waals surface area (Å²) in [5.74, 6) is 3.48. The van der Waals surface area contributed by atoms with Crippen molar-refractivity contribution in [2.75, 3.05) is 19.6 Å². The number of terminal acetylenes is 1. The van der Waals surface area contributed by atoms with E-state index in [1.807, 2.05) is 36.4 Å². The van der Waals surface area contributed by atoms with Crippen molar-refractivity contribution in [2.45, 2.75) is 25.3 Å². The van der Waals surface area contributed by atoms with Gasteiger partial charge in [-0.15, -0.1) is 6.42 Å². The van der Waals surface area contributed by atoms with Gasteiger partial charge in [0, 0.05) is 23.7 Å². The fraction of sp³-hybridized carbons (Fsp3) is 0.381. The van der Waals surface area contributed by atoms with E-state index in [4.69, 9.17) is 6.42 Å². The Hall–Kier alpha value is -2.31. The van der Waals surface area contributed by atoms with Crippen LogP contribution in [0.25, 0.3) is 10.8 Å². The summed E-state index contributed by atoms with van der Waals surface area (Å²) in [6, 6.07) is 11.9. The van der Waals surface area contributed by atoms with E-state index in [1.54, 1.807) is 0 Å². The summed E-state index contributed by atoms with van der Waals surface area (Å²) in [5.41, 5.74) is 1.53. The van der Waals surface area contributed by atoms with E-state index in [0.717, 1.165) is 35.2 Å². The molecule has 2 aromatic carbocycles. The Labute approximate surface area is 143 Å². The van der Waals surface area contributed by atoms with E-state index < -0.39 is 0 Å². The fourth-order valence-electron chi connectivity index (χ4n) is 4.11. The summed E-state index contributed by atoms with van der Waals surface area (Å²) in [6.07, 6.45) is 9.24. The Kier molecular flexibility index (Phi) is 4.00. The van der Waals surface area contributed by atoms with Crippen molar-refractivity contribution < 1.29 is 4.79 Å². The highest BCUT2D eigenvalue weighted by atomic mass is 16.1. The van der Waals surface area contributed by atoms with Gasteiger partial charge in [-0.1, -0.05) is 24.1 Å². The molecule has 1 atom stereocenters. The van der Waals surface area contributed by atoms with Crippen molar-refractivity contribution in [3.63, 3.8) is 0 Å². The quantitative estimate of drug-likeness (QED) is 0.863. The Morgan fingerprint density at radius 3 is 2.83 bits per heavy atom. The number of nitrogens with one attached hydrogen (secondary N) is 1. The predicted molar refractivity (Wildman–Crippen MR) is 96.9 cm³/mol. The Balaban J connectivity index is 1.56. The molecule has 3 aliphatic rings. The zero-order valence-electron chi connectivity index (χ0n) is 13.8. The van der Waals surface area contributed by atoms with Crippen molar-refractivity contribution in [3.8, 4) is 12.3 Å². The fourth-order valence-corrected chi connectivity index (χ4v) is 4.11. The molecule has 3 heteroatoms. The first-order valence-corrected chi connectivity index (χ1v) is 8.75. The topological polar surface area (TPSA) is 32.3 Å². The molecule has 3 aliphatic heterocycles. The summed E-state index contributed by atoms with van der Waals surface area (Å²) in [7, 11) is 0. The molecular formula is C21H22N2O. The Morgan fingerprint density at radius 2 is 2.04 bits per heavy atom. The molecule has 0 spiro atoms. The number of hydrogen-bond donors (Lipinski definition) is 1. The van der Waals surface area contributed by atoms with Gasteiger partial charge in [-0.25, -0.2) is 0 Å². The maximum Gasteiger partial charge on any atom is 0.251 e. The molecule has 2 aromatic rings. The minimum absolute atomic E-state index is 0.0104. The number of carbonyl (C=O) groups excluding carboxylic acids is 1. The average Bonchev–Trinajstić information content (AvgIpc) is 2.93. The van der Waals surface area contributed by atoms with Crippen LogP contribution >= 0.6 is 0 Å². The van der Waals surface area contributed by atoms with Gasteiger partial charge in [-0.05, 0) is 67.2 Å². The molecule has 1 amide bonds. The molecule has 1 unspecified atom stereocenters. The second-order valence-electron chi connectivity index (χ2n) is 7.04. The lowest BCUT2D eigenvalue weighted by molar-refractivity contribution is 0.0929. The third kappa shape index (κ3) is 2.90. The largest absolute Gasteiger partial charge is 0.348 e. The van der Waals surface area contributed by atoms with Crippen LogP contribution in [0.2, 0.25) is 0 Å². The smallest absolute Gasteiger partial charge is 0.251 e. The molecule has 122 valence electrons. The average molecular weight is 318 g/mol. The maximum atomic E-state index is 12.7. The number of hydrogen-bond acceptors (Lipinski definition) is 2. The first-order valence-electron chi connectivity index (χ1n) is 8.75. The predicted octanol–water partition coefficient (Wildman–Crippen LogP) is 3.04. The molecule has 1 N–H and O–H groups in total. The zero-order chi connectivity index (χ0) is 16.5. The minimum Gasteiger partial charge on any atom is -0.348 e. The molecule has 0 radical (unpaired) electrons. The molecule has 0 saturated carbocycles. The van der Waals surface area contributed by atoms with Crippen LogP contribution in [0.1, 0.15) is 35.2 Å². The second-order valence-corrected chi connectivity index (χ2v) is 7.04. The summed E-state index contributed by atoms with van der Waals surface area (Å²) in [6.45, 7) is 3.34. The SMILES string of the molecule is C#Cc1cccc2ccc(C(=O)NC3CC4CCN(CC4)C3)cc12. The zero-order valence-corrected chi connectivity index (χ0v) is 13.8. The van der Waals surface area contributed by atoms with E-state index in [0.29, 0.717) is 5.56 Å². The molecule has 3 saturated heterocycles. The lowest BCUT2D eigenvalue weighted by Crippen LogP contribution is -2.41. The van der Waals surface area contributed by atoms with Crippen molar-refractivity contribution in [1.29, 1.82) is 0 Å². The third-order valence-electron chi connectivity index (χ3n) is 5.44. The molecule has 3 heterocycles. The van der Waals surface area contributed by atoms with E-state index in [2.05, 4.69) is 16.1 Å². The number of piperidine rings is 1. The van der Waals surface area contributed by atoms with Crippen LogP contribution in [-0.4, -0.2) is 36.5 Å². The van der Waals surface area contributed by atoms with Crippen LogP contribution in [-0.2, 0) is 0 Å². The molecule has 3 nitrogen and oxygen atoms in total. The molecule has 24 heavy (non-hydrogen) atoms. The molecule has 2 bridgehead atoms. The van der Waals surface area contributed by atoms with Crippen LogP contribution in [0.15, 0.2) is 36.4 Å². The van der Waals surface area contributed by atoms with E-state index >= 15 is 0 Å². The summed E-state index contributed by atoms with van der Waals surface area (Å²) in [4.78, 5) is 15.2. The third-order valence-corrected chi connectivity index (χ3v) is 5.44. The monoisotopic (exact) mass is 318 g/mol. The van der Waals surface area contributed by atoms with Gasteiger partial charge < -0.3 is 10.2 Å². The molecule has 3 fully saturated rings. The lowest BCUT2D eigenvalue weighted by Gasteiger charge is -2.26. The molecule has 0 aliphatic carbocycles. The molecular weight excluding hydrogens is 296 g/mol. The van der Waals surface area contributed by atoms with Gasteiger partial charge in [0.1, 0.15) is 0 Å². The van der Waals surface area contributed by atoms with Gasteiger partial charge >= 0.3 is 0 Å². The van der Waals surface area contributed by atoms with Gasteiger partial charge in [0.15, 0.2) is 0 Å². The van der Waals surface area contributed by atoms with Crippen LogP contribution in [0, 0.1) is 18.3 Å². The lowest BCUT2D eigenvalue weighted by atomic mass is 9.94.